The van der Waals surface area contributed by atoms with Gasteiger partial charge in [-0.25, -0.2) is 0 Å². The van der Waals surface area contributed by atoms with Gasteiger partial charge in [-0.05, 0) is 53.4 Å². The Labute approximate surface area is 206 Å². The molecule has 0 aliphatic rings. The number of benzene rings is 3. The number of alkyl halides is 3. The molecule has 0 aromatic heterocycles. The van der Waals surface area contributed by atoms with E-state index in [1.807, 2.05) is 19.1 Å². The molecule has 0 heterocycles. The van der Waals surface area contributed by atoms with Gasteiger partial charge in [0.15, 0.2) is 0 Å². The Balaban J connectivity index is 1.93. The minimum Gasteiger partial charge on any atom is -0.481 e. The van der Waals surface area contributed by atoms with Crippen LogP contribution >= 0.6 is 23.2 Å². The molecule has 0 spiro atoms. The average molecular weight is 510 g/mol. The van der Waals surface area contributed by atoms with Gasteiger partial charge in [0.1, 0.15) is 0 Å². The maximum Gasteiger partial charge on any atom is 0.392 e. The lowest BCUT2D eigenvalue weighted by Gasteiger charge is -2.27. The van der Waals surface area contributed by atoms with Gasteiger partial charge < -0.3 is 10.4 Å². The van der Waals surface area contributed by atoms with Crippen molar-refractivity contribution in [2.45, 2.75) is 32.4 Å². The van der Waals surface area contributed by atoms with Crippen LogP contribution in [-0.4, -0.2) is 23.8 Å². The number of carboxylic acids is 1. The second kappa shape index (κ2) is 10.7. The molecule has 3 nitrogen and oxygen atoms in total. The summed E-state index contributed by atoms with van der Waals surface area (Å²) in [4.78, 5) is 11.3. The van der Waals surface area contributed by atoms with Crippen LogP contribution in [0.3, 0.4) is 0 Å². The Morgan fingerprint density at radius 2 is 1.71 bits per heavy atom. The standard InChI is InChI=1S/C26H24Cl2F3NO2/c1-15-3-4-19(13-25(33)34)21(11-15)18-7-10-23(28)24(12-18)32-14-22(16(2)26(29,30)31)17-5-8-20(27)9-6-17/h3-12,16,22,32H,13-14H2,1-2H3,(H,33,34)/t16-,22+/m1/s1. The Morgan fingerprint density at radius 1 is 1.03 bits per heavy atom. The molecule has 0 radical (unpaired) electrons. The number of hydrogen-bond acceptors (Lipinski definition) is 2. The zero-order valence-corrected chi connectivity index (χ0v) is 20.1. The Hall–Kier alpha value is -2.70. The smallest absolute Gasteiger partial charge is 0.392 e. The largest absolute Gasteiger partial charge is 0.481 e. The van der Waals surface area contributed by atoms with Crippen molar-refractivity contribution in [3.8, 4) is 11.1 Å². The number of hydrogen-bond donors (Lipinski definition) is 2. The third-order valence-corrected chi connectivity index (χ3v) is 6.40. The van der Waals surface area contributed by atoms with Crippen molar-refractivity contribution in [3.63, 3.8) is 0 Å². The van der Waals surface area contributed by atoms with Gasteiger partial charge in [-0.2, -0.15) is 13.2 Å². The van der Waals surface area contributed by atoms with Crippen molar-refractivity contribution in [3.05, 3.63) is 87.4 Å². The molecule has 0 aliphatic heterocycles. The predicted molar refractivity (Wildman–Crippen MR) is 131 cm³/mol. The summed E-state index contributed by atoms with van der Waals surface area (Å²) in [6.07, 6.45) is -4.53. The summed E-state index contributed by atoms with van der Waals surface area (Å²) in [6, 6.07) is 17.0. The Morgan fingerprint density at radius 3 is 2.32 bits per heavy atom. The number of aliphatic carboxylic acids is 1. The van der Waals surface area contributed by atoms with Crippen molar-refractivity contribution in [2.24, 2.45) is 5.92 Å². The molecule has 0 unspecified atom stereocenters. The average Bonchev–Trinajstić information content (AvgIpc) is 2.76. The molecule has 0 saturated heterocycles. The van der Waals surface area contributed by atoms with Crippen molar-refractivity contribution in [2.75, 3.05) is 11.9 Å². The Kier molecular flexibility index (Phi) is 8.16. The summed E-state index contributed by atoms with van der Waals surface area (Å²) in [5.74, 6) is -3.44. The molecule has 8 heteroatoms. The van der Waals surface area contributed by atoms with Crippen LogP contribution in [0.15, 0.2) is 60.7 Å². The summed E-state index contributed by atoms with van der Waals surface area (Å²) in [7, 11) is 0. The second-order valence-electron chi connectivity index (χ2n) is 8.29. The van der Waals surface area contributed by atoms with E-state index in [0.29, 0.717) is 26.9 Å². The first-order chi connectivity index (χ1) is 16.0. The summed E-state index contributed by atoms with van der Waals surface area (Å²) >= 11 is 12.3. The van der Waals surface area contributed by atoms with E-state index in [9.17, 15) is 23.1 Å². The monoisotopic (exact) mass is 509 g/mol. The van der Waals surface area contributed by atoms with Gasteiger partial charge in [0.05, 0.1) is 23.0 Å². The molecular formula is C26H24Cl2F3NO2. The normalized spacial score (nSPS) is 13.4. The number of aryl methyl sites for hydroxylation is 1. The van der Waals surface area contributed by atoms with E-state index in [-0.39, 0.29) is 13.0 Å². The number of halogens is 5. The molecule has 0 bridgehead atoms. The summed E-state index contributed by atoms with van der Waals surface area (Å²) in [6.45, 7) is 3.05. The van der Waals surface area contributed by atoms with Gasteiger partial charge >= 0.3 is 12.1 Å². The molecule has 34 heavy (non-hydrogen) atoms. The Bertz CT molecular complexity index is 1160. The molecular weight excluding hydrogens is 486 g/mol. The quantitative estimate of drug-likeness (QED) is 0.323. The van der Waals surface area contributed by atoms with Crippen LogP contribution in [0.1, 0.15) is 29.5 Å². The molecule has 0 aliphatic carbocycles. The maximum atomic E-state index is 13.6. The number of carboxylic acid groups (broad SMARTS) is 1. The third kappa shape index (κ3) is 6.45. The number of carbonyl (C=O) groups is 1. The van der Waals surface area contributed by atoms with Crippen molar-refractivity contribution in [1.29, 1.82) is 0 Å². The van der Waals surface area contributed by atoms with Crippen LogP contribution < -0.4 is 5.32 Å². The van der Waals surface area contributed by atoms with Gasteiger partial charge in [0, 0.05) is 17.5 Å². The van der Waals surface area contributed by atoms with Crippen molar-refractivity contribution < 1.29 is 23.1 Å². The highest BCUT2D eigenvalue weighted by Crippen LogP contribution is 2.39. The third-order valence-electron chi connectivity index (χ3n) is 5.81. The fourth-order valence-corrected chi connectivity index (χ4v) is 4.16. The van der Waals surface area contributed by atoms with E-state index in [1.165, 1.54) is 0 Å². The first kappa shape index (κ1) is 25.9. The molecule has 3 aromatic rings. The molecule has 180 valence electrons. The fraction of sp³-hybridized carbons (Fsp3) is 0.269. The van der Waals surface area contributed by atoms with Gasteiger partial charge in [0.25, 0.3) is 0 Å². The topological polar surface area (TPSA) is 49.3 Å². The highest BCUT2D eigenvalue weighted by Gasteiger charge is 2.41. The maximum absolute atomic E-state index is 13.6. The fourth-order valence-electron chi connectivity index (χ4n) is 3.85. The highest BCUT2D eigenvalue weighted by molar-refractivity contribution is 6.33. The van der Waals surface area contributed by atoms with Gasteiger partial charge in [0.2, 0.25) is 0 Å². The molecule has 3 rings (SSSR count). The lowest BCUT2D eigenvalue weighted by Crippen LogP contribution is -2.30. The van der Waals surface area contributed by atoms with Crippen LogP contribution in [0.5, 0.6) is 0 Å². The van der Waals surface area contributed by atoms with Crippen molar-refractivity contribution in [1.82, 2.24) is 0 Å². The zero-order chi connectivity index (χ0) is 25.0. The molecule has 2 N–H and O–H groups in total. The lowest BCUT2D eigenvalue weighted by molar-refractivity contribution is -0.174. The van der Waals surface area contributed by atoms with Gasteiger partial charge in [-0.1, -0.05) is 72.1 Å². The minimum absolute atomic E-state index is 0.0126. The van der Waals surface area contributed by atoms with Crippen LogP contribution in [-0.2, 0) is 11.2 Å². The summed E-state index contributed by atoms with van der Waals surface area (Å²) in [5, 5.41) is 13.1. The summed E-state index contributed by atoms with van der Waals surface area (Å²) in [5.41, 5.74) is 4.03. The summed E-state index contributed by atoms with van der Waals surface area (Å²) < 4.78 is 40.8. The van der Waals surface area contributed by atoms with Crippen molar-refractivity contribution >= 4 is 34.9 Å². The van der Waals surface area contributed by atoms with E-state index >= 15 is 0 Å². The van der Waals surface area contributed by atoms with Crippen LogP contribution in [0, 0.1) is 12.8 Å². The highest BCUT2D eigenvalue weighted by atomic mass is 35.5. The van der Waals surface area contributed by atoms with E-state index < -0.39 is 24.0 Å². The molecule has 3 aromatic carbocycles. The van der Waals surface area contributed by atoms with Crippen LogP contribution in [0.2, 0.25) is 10.0 Å². The van der Waals surface area contributed by atoms with E-state index in [4.69, 9.17) is 23.2 Å². The first-order valence-electron chi connectivity index (χ1n) is 10.6. The van der Waals surface area contributed by atoms with Crippen LogP contribution in [0.4, 0.5) is 18.9 Å². The molecule has 0 fully saturated rings. The van der Waals surface area contributed by atoms with E-state index in [1.54, 1.807) is 48.5 Å². The minimum atomic E-state index is -4.38. The molecule has 2 atom stereocenters. The van der Waals surface area contributed by atoms with Gasteiger partial charge in [-0.15, -0.1) is 0 Å². The van der Waals surface area contributed by atoms with E-state index in [0.717, 1.165) is 23.6 Å². The number of rotatable bonds is 8. The lowest BCUT2D eigenvalue weighted by atomic mass is 9.86. The van der Waals surface area contributed by atoms with E-state index in [2.05, 4.69) is 5.32 Å². The number of anilines is 1. The van der Waals surface area contributed by atoms with Gasteiger partial charge in [-0.3, -0.25) is 4.79 Å². The SMILES string of the molecule is Cc1ccc(CC(=O)O)c(-c2ccc(Cl)c(NC[C@H](c3ccc(Cl)cc3)[C@@H](C)C(F)(F)F)c2)c1. The molecule has 0 saturated carbocycles. The number of nitrogens with one attached hydrogen (secondary N) is 1. The van der Waals surface area contributed by atoms with Crippen LogP contribution in [0.25, 0.3) is 11.1 Å². The first-order valence-corrected chi connectivity index (χ1v) is 11.4. The predicted octanol–water partition coefficient (Wildman–Crippen LogP) is 7.99. The molecule has 0 amide bonds. The zero-order valence-electron chi connectivity index (χ0n) is 18.6. The second-order valence-corrected chi connectivity index (χ2v) is 9.14.